The number of nitrogens with one attached hydrogen (secondary N) is 1. The molecule has 1 amide bonds. The molecule has 0 unspecified atom stereocenters. The number of ether oxygens (including phenoxy) is 2. The van der Waals surface area contributed by atoms with Crippen molar-refractivity contribution in [2.45, 2.75) is 38.2 Å². The van der Waals surface area contributed by atoms with Crippen molar-refractivity contribution in [2.75, 3.05) is 11.9 Å². The molecule has 148 valence electrons. The minimum Gasteiger partial charge on any atom is -0.482 e. The average molecular weight is 422 g/mol. The molecule has 3 rings (SSSR count). The van der Waals surface area contributed by atoms with E-state index in [2.05, 4.69) is 5.32 Å². The minimum atomic E-state index is -0.353. The lowest BCUT2D eigenvalue weighted by atomic mass is 9.98. The average Bonchev–Trinajstić information content (AvgIpc) is 2.70. The van der Waals surface area contributed by atoms with Gasteiger partial charge in [0.2, 0.25) is 0 Å². The summed E-state index contributed by atoms with van der Waals surface area (Å²) in [6.45, 7) is -0.217. The van der Waals surface area contributed by atoms with Gasteiger partial charge in [0.25, 0.3) is 5.91 Å². The maximum atomic E-state index is 12.2. The van der Waals surface area contributed by atoms with Gasteiger partial charge in [0.15, 0.2) is 6.61 Å². The summed E-state index contributed by atoms with van der Waals surface area (Å²) in [6.07, 6.45) is 5.27. The lowest BCUT2D eigenvalue weighted by Crippen LogP contribution is -2.21. The van der Waals surface area contributed by atoms with Crippen molar-refractivity contribution < 1.29 is 19.1 Å². The van der Waals surface area contributed by atoms with Crippen LogP contribution >= 0.6 is 23.2 Å². The summed E-state index contributed by atoms with van der Waals surface area (Å²) >= 11 is 11.9. The second-order valence-corrected chi connectivity index (χ2v) is 7.50. The van der Waals surface area contributed by atoms with E-state index >= 15 is 0 Å². The van der Waals surface area contributed by atoms with Crippen molar-refractivity contribution in [2.24, 2.45) is 0 Å². The van der Waals surface area contributed by atoms with Gasteiger partial charge in [-0.2, -0.15) is 0 Å². The molecule has 1 aliphatic carbocycles. The number of halogens is 2. The number of hydrogen-bond donors (Lipinski definition) is 1. The molecule has 0 radical (unpaired) electrons. The van der Waals surface area contributed by atoms with Crippen LogP contribution in [0.3, 0.4) is 0 Å². The molecule has 1 fully saturated rings. The Kier molecular flexibility index (Phi) is 7.18. The van der Waals surface area contributed by atoms with Gasteiger partial charge in [-0.25, -0.2) is 4.79 Å². The third kappa shape index (κ3) is 5.88. The molecule has 0 aliphatic heterocycles. The summed E-state index contributed by atoms with van der Waals surface area (Å²) in [6, 6.07) is 11.4. The smallest absolute Gasteiger partial charge is 0.338 e. The Hall–Kier alpha value is -2.24. The van der Waals surface area contributed by atoms with E-state index < -0.39 is 0 Å². The maximum Gasteiger partial charge on any atom is 0.338 e. The molecule has 1 aliphatic rings. The third-order valence-corrected chi connectivity index (χ3v) is 5.03. The van der Waals surface area contributed by atoms with Gasteiger partial charge < -0.3 is 14.8 Å². The Morgan fingerprint density at radius 2 is 1.71 bits per heavy atom. The standard InChI is InChI=1S/C21H21Cl2NO4/c22-15-8-11-18(23)19(12-15)27-13-20(25)24-16-9-6-14(7-10-16)21(26)28-17-4-2-1-3-5-17/h6-12,17H,1-5,13H2,(H,24,25). The van der Waals surface area contributed by atoms with Gasteiger partial charge in [0.1, 0.15) is 11.9 Å². The molecule has 1 saturated carbocycles. The monoisotopic (exact) mass is 421 g/mol. The first-order valence-corrected chi connectivity index (χ1v) is 9.95. The molecule has 0 atom stereocenters. The summed E-state index contributed by atoms with van der Waals surface area (Å²) in [7, 11) is 0. The van der Waals surface area contributed by atoms with E-state index in [9.17, 15) is 9.59 Å². The molecule has 28 heavy (non-hydrogen) atoms. The second kappa shape index (κ2) is 9.80. The highest BCUT2D eigenvalue weighted by molar-refractivity contribution is 6.34. The van der Waals surface area contributed by atoms with Gasteiger partial charge in [0, 0.05) is 16.8 Å². The Morgan fingerprint density at radius 3 is 2.43 bits per heavy atom. The number of benzene rings is 2. The zero-order valence-electron chi connectivity index (χ0n) is 15.3. The van der Waals surface area contributed by atoms with Gasteiger partial charge in [-0.3, -0.25) is 4.79 Å². The van der Waals surface area contributed by atoms with Crippen molar-refractivity contribution in [1.82, 2.24) is 0 Å². The molecule has 1 N–H and O–H groups in total. The molecule has 7 heteroatoms. The van der Waals surface area contributed by atoms with Gasteiger partial charge in [-0.15, -0.1) is 0 Å². The van der Waals surface area contributed by atoms with Crippen LogP contribution in [-0.2, 0) is 9.53 Å². The SMILES string of the molecule is O=C(COc1cc(Cl)ccc1Cl)Nc1ccc(C(=O)OC2CCCCC2)cc1. The number of esters is 1. The topological polar surface area (TPSA) is 64.6 Å². The van der Waals surface area contributed by atoms with Crippen LogP contribution in [0.1, 0.15) is 42.5 Å². The summed E-state index contributed by atoms with van der Waals surface area (Å²) < 4.78 is 10.9. The van der Waals surface area contributed by atoms with Gasteiger partial charge in [-0.1, -0.05) is 29.6 Å². The van der Waals surface area contributed by atoms with Crippen LogP contribution in [0.25, 0.3) is 0 Å². The van der Waals surface area contributed by atoms with Gasteiger partial charge >= 0.3 is 5.97 Å². The van der Waals surface area contributed by atoms with Crippen LogP contribution in [0.2, 0.25) is 10.0 Å². The molecule has 2 aromatic carbocycles. The summed E-state index contributed by atoms with van der Waals surface area (Å²) in [5, 5.41) is 3.54. The lowest BCUT2D eigenvalue weighted by Gasteiger charge is -2.21. The quantitative estimate of drug-likeness (QED) is 0.625. The zero-order chi connectivity index (χ0) is 19.9. The zero-order valence-corrected chi connectivity index (χ0v) is 16.8. The number of rotatable bonds is 6. The van der Waals surface area contributed by atoms with Gasteiger partial charge in [0.05, 0.1) is 10.6 Å². The molecular formula is C21H21Cl2NO4. The first-order valence-electron chi connectivity index (χ1n) is 9.20. The molecule has 0 spiro atoms. The van der Waals surface area contributed by atoms with E-state index in [1.807, 2.05) is 0 Å². The Bertz CT molecular complexity index is 833. The normalized spacial score (nSPS) is 14.4. The molecule has 5 nitrogen and oxygen atoms in total. The van der Waals surface area contributed by atoms with E-state index in [1.165, 1.54) is 6.42 Å². The molecule has 0 aromatic heterocycles. The van der Waals surface area contributed by atoms with Crippen molar-refractivity contribution in [3.8, 4) is 5.75 Å². The van der Waals surface area contributed by atoms with E-state index in [0.717, 1.165) is 25.7 Å². The highest BCUT2D eigenvalue weighted by atomic mass is 35.5. The van der Waals surface area contributed by atoms with Crippen LogP contribution in [0.15, 0.2) is 42.5 Å². The molecule has 0 saturated heterocycles. The molecule has 0 heterocycles. The van der Waals surface area contributed by atoms with E-state index in [0.29, 0.717) is 27.0 Å². The first-order chi connectivity index (χ1) is 13.5. The fraction of sp³-hybridized carbons (Fsp3) is 0.333. The predicted octanol–water partition coefficient (Wildman–Crippen LogP) is 5.50. The fourth-order valence-electron chi connectivity index (χ4n) is 3.02. The van der Waals surface area contributed by atoms with Crippen LogP contribution in [-0.4, -0.2) is 24.6 Å². The Balaban J connectivity index is 1.49. The van der Waals surface area contributed by atoms with Crippen molar-refractivity contribution in [1.29, 1.82) is 0 Å². The van der Waals surface area contributed by atoms with Crippen molar-refractivity contribution >= 4 is 40.8 Å². The highest BCUT2D eigenvalue weighted by Crippen LogP contribution is 2.27. The highest BCUT2D eigenvalue weighted by Gasteiger charge is 2.18. The van der Waals surface area contributed by atoms with Crippen LogP contribution in [0.5, 0.6) is 5.75 Å². The Morgan fingerprint density at radius 1 is 1.00 bits per heavy atom. The summed E-state index contributed by atoms with van der Waals surface area (Å²) in [4.78, 5) is 24.3. The minimum absolute atomic E-state index is 0.0103. The third-order valence-electron chi connectivity index (χ3n) is 4.48. The number of carbonyl (C=O) groups is 2. The fourth-order valence-corrected chi connectivity index (χ4v) is 3.35. The van der Waals surface area contributed by atoms with E-state index in [1.54, 1.807) is 42.5 Å². The van der Waals surface area contributed by atoms with Gasteiger partial charge in [-0.05, 0) is 62.1 Å². The largest absolute Gasteiger partial charge is 0.482 e. The number of anilines is 1. The van der Waals surface area contributed by atoms with Crippen molar-refractivity contribution in [3.05, 3.63) is 58.1 Å². The summed E-state index contributed by atoms with van der Waals surface area (Å²) in [5.41, 5.74) is 1.02. The van der Waals surface area contributed by atoms with Crippen LogP contribution < -0.4 is 10.1 Å². The number of carbonyl (C=O) groups excluding carboxylic acids is 2. The van der Waals surface area contributed by atoms with E-state index in [-0.39, 0.29) is 24.6 Å². The first kappa shape index (κ1) is 20.5. The van der Waals surface area contributed by atoms with Crippen molar-refractivity contribution in [3.63, 3.8) is 0 Å². The predicted molar refractivity (Wildman–Crippen MR) is 109 cm³/mol. The molecular weight excluding hydrogens is 401 g/mol. The number of amides is 1. The summed E-state index contributed by atoms with van der Waals surface area (Å²) in [5.74, 6) is -0.345. The van der Waals surface area contributed by atoms with Crippen LogP contribution in [0.4, 0.5) is 5.69 Å². The second-order valence-electron chi connectivity index (χ2n) is 6.65. The van der Waals surface area contributed by atoms with E-state index in [4.69, 9.17) is 32.7 Å². The van der Waals surface area contributed by atoms with Crippen LogP contribution in [0, 0.1) is 0 Å². The lowest BCUT2D eigenvalue weighted by molar-refractivity contribution is -0.118. The molecule has 0 bridgehead atoms. The molecule has 2 aromatic rings. The Labute approximate surface area is 173 Å². The maximum absolute atomic E-state index is 12.2. The number of hydrogen-bond acceptors (Lipinski definition) is 4.